The number of halogens is 2. The molecule has 9 heteroatoms. The lowest BCUT2D eigenvalue weighted by Crippen LogP contribution is -2.54. The van der Waals surface area contributed by atoms with Crippen LogP contribution < -0.4 is 4.90 Å². The third kappa shape index (κ3) is 3.90. The predicted molar refractivity (Wildman–Crippen MR) is 120 cm³/mol. The lowest BCUT2D eigenvalue weighted by molar-refractivity contribution is 0.0376. The van der Waals surface area contributed by atoms with Crippen LogP contribution in [0.4, 0.5) is 10.2 Å². The number of aliphatic hydroxyl groups is 1. The number of aromatic nitrogens is 2. The van der Waals surface area contributed by atoms with E-state index in [4.69, 9.17) is 11.6 Å². The van der Waals surface area contributed by atoms with Crippen molar-refractivity contribution >= 4 is 34.2 Å². The molecular formula is C23H23ClFN5O2. The van der Waals surface area contributed by atoms with E-state index in [-0.39, 0.29) is 17.8 Å². The van der Waals surface area contributed by atoms with Gasteiger partial charge in [0.1, 0.15) is 18.0 Å². The number of piperazine rings is 1. The van der Waals surface area contributed by atoms with Gasteiger partial charge < -0.3 is 14.9 Å². The SMILES string of the molecule is O=C(c1ccc(Cl)cc1)N1CCN([C@H]2CN(c3ncnc4cccc(F)c34)C[C@@H]2O)CC1. The van der Waals surface area contributed by atoms with Gasteiger partial charge in [0.25, 0.3) is 5.91 Å². The van der Waals surface area contributed by atoms with E-state index in [1.54, 1.807) is 36.4 Å². The normalized spacial score (nSPS) is 22.0. The lowest BCUT2D eigenvalue weighted by Gasteiger charge is -2.38. The van der Waals surface area contributed by atoms with Gasteiger partial charge in [0.05, 0.1) is 23.0 Å². The summed E-state index contributed by atoms with van der Waals surface area (Å²) in [6, 6.07) is 11.6. The molecule has 0 aliphatic carbocycles. The molecule has 2 saturated heterocycles. The maximum atomic E-state index is 14.5. The molecule has 1 amide bonds. The van der Waals surface area contributed by atoms with E-state index in [0.29, 0.717) is 66.6 Å². The molecule has 2 atom stereocenters. The first-order chi connectivity index (χ1) is 15.5. The van der Waals surface area contributed by atoms with Crippen molar-refractivity contribution in [3.05, 3.63) is 65.2 Å². The number of hydrogen-bond acceptors (Lipinski definition) is 6. The van der Waals surface area contributed by atoms with Crippen molar-refractivity contribution in [1.29, 1.82) is 0 Å². The van der Waals surface area contributed by atoms with Crippen LogP contribution >= 0.6 is 11.6 Å². The summed E-state index contributed by atoms with van der Waals surface area (Å²) in [5.74, 6) is 0.120. The summed E-state index contributed by atoms with van der Waals surface area (Å²) in [5, 5.41) is 11.8. The number of carbonyl (C=O) groups excluding carboxylic acids is 1. The van der Waals surface area contributed by atoms with E-state index in [9.17, 15) is 14.3 Å². The Morgan fingerprint density at radius 2 is 1.78 bits per heavy atom. The van der Waals surface area contributed by atoms with Crippen molar-refractivity contribution in [2.75, 3.05) is 44.2 Å². The number of β-amino-alcohol motifs (C(OH)–C–C–N with tert-alkyl or cyclic N) is 1. The first-order valence-electron chi connectivity index (χ1n) is 10.6. The first kappa shape index (κ1) is 21.1. The molecule has 2 fully saturated rings. The van der Waals surface area contributed by atoms with E-state index >= 15 is 0 Å². The number of anilines is 1. The predicted octanol–water partition coefficient (Wildman–Crippen LogP) is 2.43. The molecule has 0 spiro atoms. The molecule has 1 N–H and O–H groups in total. The molecule has 0 saturated carbocycles. The molecule has 3 aromatic rings. The Labute approximate surface area is 190 Å². The molecular weight excluding hydrogens is 433 g/mol. The van der Waals surface area contributed by atoms with Gasteiger partial charge in [0.2, 0.25) is 0 Å². The van der Waals surface area contributed by atoms with Gasteiger partial charge in [0, 0.05) is 49.9 Å². The molecule has 0 bridgehead atoms. The quantitative estimate of drug-likeness (QED) is 0.654. The van der Waals surface area contributed by atoms with Crippen LogP contribution in [0.15, 0.2) is 48.8 Å². The zero-order valence-corrected chi connectivity index (χ0v) is 18.1. The van der Waals surface area contributed by atoms with Gasteiger partial charge in [-0.3, -0.25) is 9.69 Å². The van der Waals surface area contributed by atoms with Crippen LogP contribution in [0.3, 0.4) is 0 Å². The second-order valence-electron chi connectivity index (χ2n) is 8.21. The first-order valence-corrected chi connectivity index (χ1v) is 11.0. The highest BCUT2D eigenvalue weighted by molar-refractivity contribution is 6.30. The van der Waals surface area contributed by atoms with Gasteiger partial charge in [0.15, 0.2) is 0 Å². The lowest BCUT2D eigenvalue weighted by atomic mass is 10.1. The number of benzene rings is 2. The number of nitrogens with zero attached hydrogens (tertiary/aromatic N) is 5. The fourth-order valence-electron chi connectivity index (χ4n) is 4.62. The minimum Gasteiger partial charge on any atom is -0.390 e. The van der Waals surface area contributed by atoms with E-state index in [1.165, 1.54) is 12.4 Å². The number of hydrogen-bond donors (Lipinski definition) is 1. The van der Waals surface area contributed by atoms with Gasteiger partial charge in [-0.25, -0.2) is 14.4 Å². The summed E-state index contributed by atoms with van der Waals surface area (Å²) in [6.45, 7) is 3.38. The van der Waals surface area contributed by atoms with Crippen molar-refractivity contribution < 1.29 is 14.3 Å². The van der Waals surface area contributed by atoms with Crippen LogP contribution in [0.5, 0.6) is 0 Å². The van der Waals surface area contributed by atoms with Crippen LogP contribution in [0.2, 0.25) is 5.02 Å². The second kappa shape index (κ2) is 8.61. The summed E-state index contributed by atoms with van der Waals surface area (Å²) < 4.78 is 14.5. The number of amides is 1. The van der Waals surface area contributed by atoms with Crippen molar-refractivity contribution in [2.45, 2.75) is 12.1 Å². The Hall–Kier alpha value is -2.81. The highest BCUT2D eigenvalue weighted by Gasteiger charge is 2.38. The van der Waals surface area contributed by atoms with Gasteiger partial charge in [-0.1, -0.05) is 17.7 Å². The maximum Gasteiger partial charge on any atom is 0.253 e. The molecule has 32 heavy (non-hydrogen) atoms. The second-order valence-corrected chi connectivity index (χ2v) is 8.64. The summed E-state index contributed by atoms with van der Waals surface area (Å²) in [6.07, 6.45) is 0.836. The fourth-order valence-corrected chi connectivity index (χ4v) is 4.75. The number of aliphatic hydroxyl groups excluding tert-OH is 1. The van der Waals surface area contributed by atoms with Gasteiger partial charge >= 0.3 is 0 Å². The fraction of sp³-hybridized carbons (Fsp3) is 0.348. The number of carbonyl (C=O) groups is 1. The smallest absolute Gasteiger partial charge is 0.253 e. The Balaban J connectivity index is 1.27. The average Bonchev–Trinajstić information content (AvgIpc) is 3.20. The average molecular weight is 456 g/mol. The van der Waals surface area contributed by atoms with Gasteiger partial charge in [-0.2, -0.15) is 0 Å². The van der Waals surface area contributed by atoms with Crippen LogP contribution in [0.1, 0.15) is 10.4 Å². The molecule has 7 nitrogen and oxygen atoms in total. The monoisotopic (exact) mass is 455 g/mol. The van der Waals surface area contributed by atoms with Crippen molar-refractivity contribution in [1.82, 2.24) is 19.8 Å². The Morgan fingerprint density at radius 1 is 1.03 bits per heavy atom. The summed E-state index contributed by atoms with van der Waals surface area (Å²) in [5.41, 5.74) is 1.16. The minimum atomic E-state index is -0.592. The van der Waals surface area contributed by atoms with Crippen molar-refractivity contribution in [3.63, 3.8) is 0 Å². The third-order valence-corrected chi connectivity index (χ3v) is 6.56. The third-order valence-electron chi connectivity index (χ3n) is 6.31. The number of fused-ring (bicyclic) bond motifs is 1. The summed E-state index contributed by atoms with van der Waals surface area (Å²) >= 11 is 5.92. The molecule has 0 radical (unpaired) electrons. The minimum absolute atomic E-state index is 0.0159. The van der Waals surface area contributed by atoms with Crippen LogP contribution in [-0.4, -0.2) is 82.2 Å². The Kier molecular flexibility index (Phi) is 5.67. The van der Waals surface area contributed by atoms with E-state index in [1.807, 2.05) is 9.80 Å². The summed E-state index contributed by atoms with van der Waals surface area (Å²) in [4.78, 5) is 27.2. The number of rotatable bonds is 3. The van der Waals surface area contributed by atoms with Gasteiger partial charge in [-0.05, 0) is 36.4 Å². The van der Waals surface area contributed by atoms with E-state index in [2.05, 4.69) is 14.9 Å². The Morgan fingerprint density at radius 3 is 2.53 bits per heavy atom. The largest absolute Gasteiger partial charge is 0.390 e. The molecule has 2 aromatic carbocycles. The Bertz CT molecular complexity index is 1130. The van der Waals surface area contributed by atoms with E-state index in [0.717, 1.165) is 0 Å². The molecule has 2 aliphatic heterocycles. The molecule has 0 unspecified atom stereocenters. The van der Waals surface area contributed by atoms with E-state index < -0.39 is 6.10 Å². The molecule has 1 aromatic heterocycles. The zero-order chi connectivity index (χ0) is 22.2. The van der Waals surface area contributed by atoms with Crippen LogP contribution in [0, 0.1) is 5.82 Å². The molecule has 5 rings (SSSR count). The van der Waals surface area contributed by atoms with Crippen molar-refractivity contribution in [3.8, 4) is 0 Å². The molecule has 166 valence electrons. The topological polar surface area (TPSA) is 72.8 Å². The zero-order valence-electron chi connectivity index (χ0n) is 17.4. The standard InChI is InChI=1S/C23H23ClFN5O2/c24-16-6-4-15(5-7-16)23(32)29-10-8-28(9-11-29)19-12-30(13-20(19)31)22-21-17(25)2-1-3-18(21)26-14-27-22/h1-7,14,19-20,31H,8-13H2/t19-,20-/m0/s1. The van der Waals surface area contributed by atoms with Crippen LogP contribution in [0.25, 0.3) is 10.9 Å². The molecule has 2 aliphatic rings. The van der Waals surface area contributed by atoms with Crippen LogP contribution in [-0.2, 0) is 0 Å². The van der Waals surface area contributed by atoms with Gasteiger partial charge in [-0.15, -0.1) is 0 Å². The van der Waals surface area contributed by atoms with Crippen molar-refractivity contribution in [2.24, 2.45) is 0 Å². The molecule has 3 heterocycles. The highest BCUT2D eigenvalue weighted by Crippen LogP contribution is 2.30. The summed E-state index contributed by atoms with van der Waals surface area (Å²) in [7, 11) is 0. The maximum absolute atomic E-state index is 14.5. The highest BCUT2D eigenvalue weighted by atomic mass is 35.5.